The van der Waals surface area contributed by atoms with Gasteiger partial charge in [0.25, 0.3) is 5.91 Å². The molecule has 0 aliphatic heterocycles. The first-order valence-electron chi connectivity index (χ1n) is 8.55. The summed E-state index contributed by atoms with van der Waals surface area (Å²) in [6, 6.07) is 13.6. The molecule has 0 radical (unpaired) electrons. The lowest BCUT2D eigenvalue weighted by molar-refractivity contribution is 0.0837. The fourth-order valence-electron chi connectivity index (χ4n) is 2.94. The van der Waals surface area contributed by atoms with Crippen LogP contribution in [0.3, 0.4) is 0 Å². The number of carbonyl (C=O) groups excluding carboxylic acids is 1. The zero-order chi connectivity index (χ0) is 19.5. The van der Waals surface area contributed by atoms with Crippen molar-refractivity contribution in [2.24, 2.45) is 0 Å². The van der Waals surface area contributed by atoms with Crippen LogP contribution in [-0.4, -0.2) is 36.7 Å². The molecule has 0 aliphatic rings. The average molecular weight is 391 g/mol. The van der Waals surface area contributed by atoms with Crippen molar-refractivity contribution in [1.82, 2.24) is 10.2 Å². The lowest BCUT2D eigenvalue weighted by Crippen LogP contribution is -2.50. The summed E-state index contributed by atoms with van der Waals surface area (Å²) in [4.78, 5) is 16.2. The van der Waals surface area contributed by atoms with E-state index in [1.54, 1.807) is 0 Å². The minimum atomic E-state index is -0.267. The van der Waals surface area contributed by atoms with Crippen molar-refractivity contribution in [1.29, 1.82) is 0 Å². The van der Waals surface area contributed by atoms with Crippen LogP contribution in [0.25, 0.3) is 0 Å². The number of carbonyl (C=O) groups is 1. The van der Waals surface area contributed by atoms with E-state index in [0.29, 0.717) is 10.6 Å². The molecule has 2 rings (SSSR count). The SMILES string of the molecule is CSc1cc(Cl)cc(C)c1C(=O)NC(c1ccccc1)C(C)(C)N(C)C. The van der Waals surface area contributed by atoms with Gasteiger partial charge >= 0.3 is 0 Å². The van der Waals surface area contributed by atoms with Gasteiger partial charge in [-0.25, -0.2) is 0 Å². The molecule has 2 aromatic rings. The molecule has 0 bridgehead atoms. The second kappa shape index (κ2) is 8.47. The van der Waals surface area contributed by atoms with Gasteiger partial charge in [-0.15, -0.1) is 11.8 Å². The highest BCUT2D eigenvalue weighted by atomic mass is 35.5. The number of aryl methyl sites for hydroxylation is 1. The van der Waals surface area contributed by atoms with Gasteiger partial charge in [0.15, 0.2) is 0 Å². The molecule has 0 aliphatic carbocycles. The van der Waals surface area contributed by atoms with E-state index in [-0.39, 0.29) is 17.5 Å². The van der Waals surface area contributed by atoms with Crippen LogP contribution < -0.4 is 5.32 Å². The maximum absolute atomic E-state index is 13.2. The summed E-state index contributed by atoms with van der Waals surface area (Å²) in [6.45, 7) is 6.19. The van der Waals surface area contributed by atoms with Gasteiger partial charge in [-0.1, -0.05) is 41.9 Å². The Morgan fingerprint density at radius 3 is 2.35 bits per heavy atom. The van der Waals surface area contributed by atoms with Crippen LogP contribution in [0.4, 0.5) is 0 Å². The predicted molar refractivity (Wildman–Crippen MR) is 112 cm³/mol. The van der Waals surface area contributed by atoms with Crippen molar-refractivity contribution in [3.05, 3.63) is 64.2 Å². The van der Waals surface area contributed by atoms with E-state index >= 15 is 0 Å². The van der Waals surface area contributed by atoms with Gasteiger partial charge in [0.2, 0.25) is 0 Å². The number of thioether (sulfide) groups is 1. The van der Waals surface area contributed by atoms with Gasteiger partial charge in [-0.3, -0.25) is 4.79 Å². The van der Waals surface area contributed by atoms with Gasteiger partial charge in [0.05, 0.1) is 11.6 Å². The smallest absolute Gasteiger partial charge is 0.253 e. The summed E-state index contributed by atoms with van der Waals surface area (Å²) >= 11 is 7.70. The number of halogens is 1. The monoisotopic (exact) mass is 390 g/mol. The third-order valence-corrected chi connectivity index (χ3v) is 5.96. The molecule has 0 fully saturated rings. The van der Waals surface area contributed by atoms with E-state index in [1.807, 2.05) is 57.6 Å². The minimum Gasteiger partial charge on any atom is -0.343 e. The topological polar surface area (TPSA) is 32.3 Å². The number of rotatable bonds is 6. The zero-order valence-electron chi connectivity index (χ0n) is 16.3. The molecular weight excluding hydrogens is 364 g/mol. The first kappa shape index (κ1) is 20.8. The molecule has 1 unspecified atom stereocenters. The van der Waals surface area contributed by atoms with Gasteiger partial charge < -0.3 is 10.2 Å². The number of hydrogen-bond donors (Lipinski definition) is 1. The van der Waals surface area contributed by atoms with E-state index in [9.17, 15) is 4.79 Å². The first-order chi connectivity index (χ1) is 12.2. The van der Waals surface area contributed by atoms with Gasteiger partial charge in [0.1, 0.15) is 0 Å². The van der Waals surface area contributed by atoms with Crippen molar-refractivity contribution in [2.45, 2.75) is 37.2 Å². The van der Waals surface area contributed by atoms with E-state index < -0.39 is 0 Å². The highest BCUT2D eigenvalue weighted by Crippen LogP contribution is 2.32. The first-order valence-corrected chi connectivity index (χ1v) is 10.2. The molecule has 2 aromatic carbocycles. The Hall–Kier alpha value is -1.49. The highest BCUT2D eigenvalue weighted by molar-refractivity contribution is 7.98. The third kappa shape index (κ3) is 4.43. The second-order valence-corrected chi connectivity index (χ2v) is 8.45. The van der Waals surface area contributed by atoms with E-state index in [1.165, 1.54) is 11.8 Å². The van der Waals surface area contributed by atoms with E-state index in [4.69, 9.17) is 11.6 Å². The summed E-state index contributed by atoms with van der Waals surface area (Å²) in [6.07, 6.45) is 1.96. The van der Waals surface area contributed by atoms with Crippen molar-refractivity contribution >= 4 is 29.3 Å². The molecule has 0 heterocycles. The summed E-state index contributed by atoms with van der Waals surface area (Å²) in [5, 5.41) is 3.92. The maximum Gasteiger partial charge on any atom is 0.253 e. The highest BCUT2D eigenvalue weighted by Gasteiger charge is 2.34. The fourth-order valence-corrected chi connectivity index (χ4v) is 3.98. The quantitative estimate of drug-likeness (QED) is 0.689. The summed E-state index contributed by atoms with van der Waals surface area (Å²) in [5.41, 5.74) is 2.39. The predicted octanol–water partition coefficient (Wildman–Crippen LogP) is 5.18. The fraction of sp³-hybridized carbons (Fsp3) is 0.381. The molecule has 3 nitrogen and oxygen atoms in total. The van der Waals surface area contributed by atoms with Crippen LogP contribution in [-0.2, 0) is 0 Å². The maximum atomic E-state index is 13.2. The number of nitrogens with one attached hydrogen (secondary N) is 1. The van der Waals surface area contributed by atoms with Crippen molar-refractivity contribution < 1.29 is 4.79 Å². The molecule has 26 heavy (non-hydrogen) atoms. The Balaban J connectivity index is 2.46. The largest absolute Gasteiger partial charge is 0.343 e. The Kier molecular flexibility index (Phi) is 6.78. The molecular formula is C21H27ClN2OS. The number of likely N-dealkylation sites (N-methyl/N-ethyl adjacent to an activating group) is 1. The summed E-state index contributed by atoms with van der Waals surface area (Å²) in [5.74, 6) is -0.0766. The van der Waals surface area contributed by atoms with Crippen LogP contribution in [0.2, 0.25) is 5.02 Å². The standard InChI is InChI=1S/C21H27ClN2OS/c1-14-12-16(22)13-17(26-6)18(14)20(25)23-19(21(2,3)24(4)5)15-10-8-7-9-11-15/h7-13,19H,1-6H3,(H,23,25). The molecule has 0 aromatic heterocycles. The normalized spacial score (nSPS) is 12.9. The van der Waals surface area contributed by atoms with E-state index in [2.05, 4.69) is 36.2 Å². The Morgan fingerprint density at radius 1 is 1.19 bits per heavy atom. The zero-order valence-corrected chi connectivity index (χ0v) is 17.8. The van der Waals surface area contributed by atoms with Crippen LogP contribution in [0, 0.1) is 6.92 Å². The van der Waals surface area contributed by atoms with Gasteiger partial charge in [-0.05, 0) is 64.4 Å². The van der Waals surface area contributed by atoms with Crippen molar-refractivity contribution in [2.75, 3.05) is 20.4 Å². The third-order valence-electron chi connectivity index (χ3n) is 4.98. The van der Waals surface area contributed by atoms with Crippen LogP contribution in [0.1, 0.15) is 41.4 Å². The molecule has 140 valence electrons. The number of amides is 1. The Morgan fingerprint density at radius 2 is 1.81 bits per heavy atom. The van der Waals surface area contributed by atoms with Crippen molar-refractivity contribution in [3.8, 4) is 0 Å². The molecule has 0 spiro atoms. The molecule has 1 amide bonds. The molecule has 0 saturated carbocycles. The van der Waals surface area contributed by atoms with Crippen LogP contribution in [0.5, 0.6) is 0 Å². The molecule has 1 atom stereocenters. The molecule has 1 N–H and O–H groups in total. The van der Waals surface area contributed by atoms with Gasteiger partial charge in [-0.2, -0.15) is 0 Å². The van der Waals surface area contributed by atoms with Gasteiger partial charge in [0, 0.05) is 15.5 Å². The average Bonchev–Trinajstić information content (AvgIpc) is 2.59. The number of nitrogens with zero attached hydrogens (tertiary/aromatic N) is 1. The lowest BCUT2D eigenvalue weighted by atomic mass is 9.87. The molecule has 5 heteroatoms. The summed E-state index contributed by atoms with van der Waals surface area (Å²) in [7, 11) is 4.06. The summed E-state index contributed by atoms with van der Waals surface area (Å²) < 4.78 is 0. The Labute approximate surface area is 166 Å². The second-order valence-electron chi connectivity index (χ2n) is 7.17. The number of benzene rings is 2. The van der Waals surface area contributed by atoms with Crippen molar-refractivity contribution in [3.63, 3.8) is 0 Å². The van der Waals surface area contributed by atoms with E-state index in [0.717, 1.165) is 16.0 Å². The molecule has 0 saturated heterocycles. The van der Waals surface area contributed by atoms with Crippen LogP contribution in [0.15, 0.2) is 47.4 Å². The Bertz CT molecular complexity index is 775. The minimum absolute atomic E-state index is 0.0766. The lowest BCUT2D eigenvalue weighted by Gasteiger charge is -2.41. The number of hydrogen-bond acceptors (Lipinski definition) is 3. The van der Waals surface area contributed by atoms with Crippen LogP contribution >= 0.6 is 23.4 Å².